The van der Waals surface area contributed by atoms with Gasteiger partial charge in [0.25, 0.3) is 0 Å². The van der Waals surface area contributed by atoms with Gasteiger partial charge in [-0.3, -0.25) is 4.79 Å². The summed E-state index contributed by atoms with van der Waals surface area (Å²) in [5.41, 5.74) is 0.657. The Kier molecular flexibility index (Phi) is 1.73. The zero-order valence-electron chi connectivity index (χ0n) is 10.8. The van der Waals surface area contributed by atoms with Crippen molar-refractivity contribution < 1.29 is 4.79 Å². The van der Waals surface area contributed by atoms with E-state index in [4.69, 9.17) is 0 Å². The highest BCUT2D eigenvalue weighted by molar-refractivity contribution is 5.85. The first-order valence-corrected chi connectivity index (χ1v) is 6.53. The largest absolute Gasteiger partial charge is 0.299 e. The Balaban J connectivity index is 2.18. The van der Waals surface area contributed by atoms with E-state index in [1.165, 1.54) is 6.42 Å². The van der Waals surface area contributed by atoms with Crippen molar-refractivity contribution in [3.63, 3.8) is 0 Å². The summed E-state index contributed by atoms with van der Waals surface area (Å²) in [6.07, 6.45) is 7.85. The molecule has 0 saturated heterocycles. The molecule has 88 valence electrons. The minimum Gasteiger partial charge on any atom is -0.299 e. The first kappa shape index (κ1) is 10.6. The van der Waals surface area contributed by atoms with E-state index in [2.05, 4.69) is 39.8 Å². The molecule has 0 amide bonds. The monoisotopic (exact) mass is 218 g/mol. The third-order valence-electron chi connectivity index (χ3n) is 5.98. The molecule has 2 saturated carbocycles. The van der Waals surface area contributed by atoms with Gasteiger partial charge in [-0.15, -0.1) is 0 Å². The van der Waals surface area contributed by atoms with Gasteiger partial charge in [0, 0.05) is 17.8 Å². The van der Waals surface area contributed by atoms with Gasteiger partial charge in [0.05, 0.1) is 0 Å². The van der Waals surface area contributed by atoms with Crippen LogP contribution in [0.2, 0.25) is 0 Å². The predicted octanol–water partition coefficient (Wildman–Crippen LogP) is 3.59. The highest BCUT2D eigenvalue weighted by Crippen LogP contribution is 2.71. The van der Waals surface area contributed by atoms with Crippen LogP contribution in [0.3, 0.4) is 0 Å². The maximum absolute atomic E-state index is 12.3. The minimum atomic E-state index is 0.177. The zero-order chi connectivity index (χ0) is 11.8. The molecular formula is C15H22O. The zero-order valence-corrected chi connectivity index (χ0v) is 10.8. The van der Waals surface area contributed by atoms with Crippen LogP contribution in [0, 0.1) is 28.1 Å². The van der Waals surface area contributed by atoms with E-state index in [1.807, 2.05) is 0 Å². The van der Waals surface area contributed by atoms with E-state index in [9.17, 15) is 4.79 Å². The molecule has 0 aromatic rings. The van der Waals surface area contributed by atoms with Gasteiger partial charge < -0.3 is 0 Å². The average molecular weight is 218 g/mol. The molecule has 3 unspecified atom stereocenters. The van der Waals surface area contributed by atoms with Crippen LogP contribution in [0.15, 0.2) is 12.2 Å². The Morgan fingerprint density at radius 1 is 1.25 bits per heavy atom. The van der Waals surface area contributed by atoms with E-state index in [0.717, 1.165) is 12.8 Å². The molecule has 3 aliphatic carbocycles. The smallest absolute Gasteiger partial charge is 0.137 e. The maximum Gasteiger partial charge on any atom is 0.137 e. The lowest BCUT2D eigenvalue weighted by atomic mass is 9.50. The number of ketones is 1. The van der Waals surface area contributed by atoms with Gasteiger partial charge in [-0.25, -0.2) is 0 Å². The van der Waals surface area contributed by atoms with Crippen molar-refractivity contribution in [1.82, 2.24) is 0 Å². The molecule has 3 aliphatic rings. The number of rotatable bonds is 0. The van der Waals surface area contributed by atoms with Gasteiger partial charge >= 0.3 is 0 Å². The van der Waals surface area contributed by atoms with Gasteiger partial charge in [-0.2, -0.15) is 0 Å². The number of carbonyl (C=O) groups excluding carboxylic acids is 1. The molecule has 3 rings (SSSR count). The Hall–Kier alpha value is -0.590. The Morgan fingerprint density at radius 3 is 2.56 bits per heavy atom. The number of hydrogen-bond acceptors (Lipinski definition) is 1. The van der Waals surface area contributed by atoms with Gasteiger partial charge in [0.1, 0.15) is 5.78 Å². The molecule has 1 heteroatoms. The summed E-state index contributed by atoms with van der Waals surface area (Å²) in [6.45, 7) is 9.32. The van der Waals surface area contributed by atoms with Gasteiger partial charge in [0.15, 0.2) is 0 Å². The molecule has 0 aliphatic heterocycles. The van der Waals surface area contributed by atoms with E-state index in [-0.39, 0.29) is 16.7 Å². The summed E-state index contributed by atoms with van der Waals surface area (Å²) in [5.74, 6) is 1.42. The summed E-state index contributed by atoms with van der Waals surface area (Å²) >= 11 is 0. The fourth-order valence-electron chi connectivity index (χ4n) is 4.80. The summed E-state index contributed by atoms with van der Waals surface area (Å²) in [4.78, 5) is 12.3. The quantitative estimate of drug-likeness (QED) is 0.568. The van der Waals surface area contributed by atoms with E-state index >= 15 is 0 Å². The van der Waals surface area contributed by atoms with Crippen LogP contribution in [-0.2, 0) is 4.79 Å². The van der Waals surface area contributed by atoms with Gasteiger partial charge in [-0.1, -0.05) is 39.8 Å². The van der Waals surface area contributed by atoms with Crippen LogP contribution in [0.25, 0.3) is 0 Å². The van der Waals surface area contributed by atoms with Crippen molar-refractivity contribution in [3.05, 3.63) is 12.2 Å². The molecule has 16 heavy (non-hydrogen) atoms. The molecule has 1 spiro atoms. The van der Waals surface area contributed by atoms with Crippen molar-refractivity contribution in [2.24, 2.45) is 28.1 Å². The first-order valence-electron chi connectivity index (χ1n) is 6.53. The molecule has 3 atom stereocenters. The van der Waals surface area contributed by atoms with Crippen molar-refractivity contribution >= 4 is 5.78 Å². The van der Waals surface area contributed by atoms with Crippen LogP contribution in [-0.4, -0.2) is 5.78 Å². The lowest BCUT2D eigenvalue weighted by Gasteiger charge is -2.52. The lowest BCUT2D eigenvalue weighted by molar-refractivity contribution is -0.139. The minimum absolute atomic E-state index is 0.177. The van der Waals surface area contributed by atoms with Crippen molar-refractivity contribution in [3.8, 4) is 0 Å². The molecule has 1 nitrogen and oxygen atoms in total. The summed E-state index contributed by atoms with van der Waals surface area (Å²) in [7, 11) is 0. The molecule has 0 N–H and O–H groups in total. The lowest BCUT2D eigenvalue weighted by Crippen LogP contribution is -2.50. The van der Waals surface area contributed by atoms with E-state index in [1.54, 1.807) is 0 Å². The third kappa shape index (κ3) is 0.919. The summed E-state index contributed by atoms with van der Waals surface area (Å²) < 4.78 is 0. The summed E-state index contributed by atoms with van der Waals surface area (Å²) in [6, 6.07) is 0. The second kappa shape index (κ2) is 2.63. The molecule has 2 fully saturated rings. The maximum atomic E-state index is 12.3. The Morgan fingerprint density at radius 2 is 1.94 bits per heavy atom. The van der Waals surface area contributed by atoms with Crippen LogP contribution < -0.4 is 0 Å². The molecular weight excluding hydrogens is 196 g/mol. The Labute approximate surface area is 98.3 Å². The van der Waals surface area contributed by atoms with Gasteiger partial charge in [0.2, 0.25) is 0 Å². The molecule has 0 aromatic carbocycles. The fourth-order valence-corrected chi connectivity index (χ4v) is 4.80. The topological polar surface area (TPSA) is 17.1 Å². The fraction of sp³-hybridized carbons (Fsp3) is 0.800. The van der Waals surface area contributed by atoms with Crippen molar-refractivity contribution in [2.75, 3.05) is 0 Å². The molecule has 2 bridgehead atoms. The SMILES string of the molecule is CC1(C)C2C=CC3(C2)C1C(=O)CCC3(C)C. The molecule has 0 heterocycles. The van der Waals surface area contributed by atoms with E-state index in [0.29, 0.717) is 17.1 Å². The normalized spacial score (nSPS) is 47.1. The predicted molar refractivity (Wildman–Crippen MR) is 65.0 cm³/mol. The van der Waals surface area contributed by atoms with Crippen LogP contribution in [0.4, 0.5) is 0 Å². The van der Waals surface area contributed by atoms with Crippen molar-refractivity contribution in [1.29, 1.82) is 0 Å². The van der Waals surface area contributed by atoms with Crippen LogP contribution in [0.1, 0.15) is 47.0 Å². The Bertz CT molecular complexity index is 388. The highest BCUT2D eigenvalue weighted by Gasteiger charge is 2.67. The average Bonchev–Trinajstić information content (AvgIpc) is 2.67. The molecule has 0 aromatic heterocycles. The second-order valence-corrected chi connectivity index (χ2v) is 7.31. The van der Waals surface area contributed by atoms with Crippen LogP contribution in [0.5, 0.6) is 0 Å². The number of carbonyl (C=O) groups is 1. The van der Waals surface area contributed by atoms with E-state index < -0.39 is 0 Å². The number of fused-ring (bicyclic) bond motifs is 1. The number of allylic oxidation sites excluding steroid dienone is 2. The highest BCUT2D eigenvalue weighted by atomic mass is 16.1. The number of hydrogen-bond donors (Lipinski definition) is 0. The first-order chi connectivity index (χ1) is 7.31. The van der Waals surface area contributed by atoms with Crippen molar-refractivity contribution in [2.45, 2.75) is 47.0 Å². The summed E-state index contributed by atoms with van der Waals surface area (Å²) in [5, 5.41) is 0. The number of Topliss-reactive ketones (excluding diaryl/α,β-unsaturated/α-hetero) is 1. The van der Waals surface area contributed by atoms with Gasteiger partial charge in [-0.05, 0) is 29.6 Å². The standard InChI is InChI=1S/C15H22O/c1-13(2)7-6-11(16)12-14(3,4)10-5-8-15(12,13)9-10/h5,8,10,12H,6-7,9H2,1-4H3. The third-order valence-corrected chi connectivity index (χ3v) is 5.98. The second-order valence-electron chi connectivity index (χ2n) is 7.31. The van der Waals surface area contributed by atoms with Crippen LogP contribution >= 0.6 is 0 Å². The molecule has 0 radical (unpaired) electrons.